The first kappa shape index (κ1) is 21.6. The molecule has 0 spiro atoms. The first-order chi connectivity index (χ1) is 12.4. The van der Waals surface area contributed by atoms with Gasteiger partial charge >= 0.3 is 17.9 Å². The summed E-state index contributed by atoms with van der Waals surface area (Å²) >= 11 is 0. The fourth-order valence-corrected chi connectivity index (χ4v) is 2.05. The predicted molar refractivity (Wildman–Crippen MR) is 90.9 cm³/mol. The van der Waals surface area contributed by atoms with E-state index in [1.807, 2.05) is 0 Å². The maximum Gasteiger partial charge on any atom is 0.345 e. The molecule has 0 bridgehead atoms. The molecule has 8 nitrogen and oxygen atoms in total. The van der Waals surface area contributed by atoms with Gasteiger partial charge in [-0.25, -0.2) is 14.4 Å². The second-order valence-electron chi connectivity index (χ2n) is 5.10. The maximum atomic E-state index is 12.2. The van der Waals surface area contributed by atoms with Crippen LogP contribution in [-0.2, 0) is 38.1 Å². The molecule has 144 valence electrons. The van der Waals surface area contributed by atoms with Crippen LogP contribution < -0.4 is 0 Å². The Kier molecular flexibility index (Phi) is 9.32. The summed E-state index contributed by atoms with van der Waals surface area (Å²) in [4.78, 5) is 35.9. The van der Waals surface area contributed by atoms with Crippen LogP contribution in [0.25, 0.3) is 0 Å². The first-order valence-corrected chi connectivity index (χ1v) is 8.25. The molecular weight excluding hydrogens is 344 g/mol. The zero-order valence-corrected chi connectivity index (χ0v) is 15.1. The Hall–Kier alpha value is -2.45. The molecule has 8 heteroatoms. The molecule has 0 amide bonds. The van der Waals surface area contributed by atoms with Crippen molar-refractivity contribution in [3.8, 4) is 0 Å². The summed E-state index contributed by atoms with van der Waals surface area (Å²) in [5.74, 6) is -2.84. The highest BCUT2D eigenvalue weighted by atomic mass is 16.7. The van der Waals surface area contributed by atoms with Crippen LogP contribution in [0.5, 0.6) is 0 Å². The molecule has 1 heterocycles. The Balaban J connectivity index is 2.90. The van der Waals surface area contributed by atoms with Gasteiger partial charge in [-0.05, 0) is 20.8 Å². The van der Waals surface area contributed by atoms with Gasteiger partial charge in [0.25, 0.3) is 0 Å². The second kappa shape index (κ2) is 11.2. The number of allylic oxidation sites excluding steroid dienone is 2. The van der Waals surface area contributed by atoms with Crippen LogP contribution in [0.2, 0.25) is 0 Å². The molecule has 1 aliphatic heterocycles. The summed E-state index contributed by atoms with van der Waals surface area (Å²) in [5.41, 5.74) is -0.539. The van der Waals surface area contributed by atoms with Gasteiger partial charge in [-0.3, -0.25) is 0 Å². The van der Waals surface area contributed by atoms with Crippen LogP contribution in [0.15, 0.2) is 36.5 Å². The zero-order valence-electron chi connectivity index (χ0n) is 15.1. The van der Waals surface area contributed by atoms with Crippen molar-refractivity contribution in [2.75, 3.05) is 19.8 Å². The van der Waals surface area contributed by atoms with Crippen LogP contribution in [0.1, 0.15) is 20.8 Å². The van der Waals surface area contributed by atoms with Crippen LogP contribution in [0.4, 0.5) is 0 Å². The van der Waals surface area contributed by atoms with Gasteiger partial charge in [0.1, 0.15) is 6.10 Å². The molecule has 0 N–H and O–H groups in total. The molecule has 1 saturated heterocycles. The minimum atomic E-state index is -0.962. The summed E-state index contributed by atoms with van der Waals surface area (Å²) in [6, 6.07) is 0. The van der Waals surface area contributed by atoms with Crippen molar-refractivity contribution in [1.82, 2.24) is 0 Å². The van der Waals surface area contributed by atoms with Crippen molar-refractivity contribution in [3.05, 3.63) is 36.5 Å². The summed E-state index contributed by atoms with van der Waals surface area (Å²) < 4.78 is 25.7. The second-order valence-corrected chi connectivity index (χ2v) is 5.10. The zero-order chi connectivity index (χ0) is 19.5. The average Bonchev–Trinajstić information content (AvgIpc) is 2.60. The van der Waals surface area contributed by atoms with E-state index in [0.29, 0.717) is 0 Å². The Morgan fingerprint density at radius 3 is 2.31 bits per heavy atom. The van der Waals surface area contributed by atoms with Crippen molar-refractivity contribution < 1.29 is 38.1 Å². The lowest BCUT2D eigenvalue weighted by Crippen LogP contribution is -2.44. The number of carbonyl (C=O) groups excluding carboxylic acids is 3. The van der Waals surface area contributed by atoms with Gasteiger partial charge in [0, 0.05) is 6.08 Å². The van der Waals surface area contributed by atoms with E-state index in [1.54, 1.807) is 39.0 Å². The Labute approximate surface area is 152 Å². The summed E-state index contributed by atoms with van der Waals surface area (Å²) in [7, 11) is 0. The molecule has 1 fully saturated rings. The van der Waals surface area contributed by atoms with E-state index in [9.17, 15) is 14.4 Å². The molecule has 0 aromatic heterocycles. The molecule has 0 radical (unpaired) electrons. The first-order valence-electron chi connectivity index (χ1n) is 8.25. The monoisotopic (exact) mass is 368 g/mol. The quantitative estimate of drug-likeness (QED) is 0.159. The third kappa shape index (κ3) is 6.81. The molecule has 1 rings (SSSR count). The SMILES string of the molecule is C=C/C=C/[C@@H]1O[C@H](C)OC[C@H]1OC(=O)C=C(C(=O)OCC)C(=O)OCC. The Morgan fingerprint density at radius 1 is 1.15 bits per heavy atom. The lowest BCUT2D eigenvalue weighted by Gasteiger charge is -2.32. The van der Waals surface area contributed by atoms with Gasteiger partial charge in [0.2, 0.25) is 0 Å². The number of hydrogen-bond acceptors (Lipinski definition) is 8. The van der Waals surface area contributed by atoms with E-state index < -0.39 is 42.0 Å². The van der Waals surface area contributed by atoms with Gasteiger partial charge in [0.05, 0.1) is 19.8 Å². The molecule has 26 heavy (non-hydrogen) atoms. The minimum absolute atomic E-state index is 0.0429. The fourth-order valence-electron chi connectivity index (χ4n) is 2.05. The number of esters is 3. The molecule has 0 aromatic carbocycles. The van der Waals surface area contributed by atoms with Gasteiger partial charge < -0.3 is 23.7 Å². The Bertz CT molecular complexity index is 558. The topological polar surface area (TPSA) is 97.4 Å². The van der Waals surface area contributed by atoms with E-state index in [1.165, 1.54) is 0 Å². The summed E-state index contributed by atoms with van der Waals surface area (Å²) in [6.07, 6.45) is 3.87. The maximum absolute atomic E-state index is 12.2. The highest BCUT2D eigenvalue weighted by Gasteiger charge is 2.32. The predicted octanol–water partition coefficient (Wildman–Crippen LogP) is 1.45. The standard InChI is InChI=1S/C18H24O8/c1-5-8-9-14-15(11-24-12(4)25-14)26-16(19)10-13(17(20)22-6-2)18(21)23-7-3/h5,8-10,12,14-15H,1,6-7,11H2,2-4H3/b9-8+/t12-,14+,15-/m1/s1. The highest BCUT2D eigenvalue weighted by Crippen LogP contribution is 2.18. The van der Waals surface area contributed by atoms with E-state index >= 15 is 0 Å². The average molecular weight is 368 g/mol. The third-order valence-electron chi connectivity index (χ3n) is 3.17. The smallest absolute Gasteiger partial charge is 0.345 e. The highest BCUT2D eigenvalue weighted by molar-refractivity contribution is 6.17. The van der Waals surface area contributed by atoms with Crippen LogP contribution in [0, 0.1) is 0 Å². The van der Waals surface area contributed by atoms with Crippen LogP contribution in [0.3, 0.4) is 0 Å². The lowest BCUT2D eigenvalue weighted by atomic mass is 10.1. The van der Waals surface area contributed by atoms with Gasteiger partial charge in [-0.15, -0.1) is 0 Å². The molecular formula is C18H24O8. The fraction of sp³-hybridized carbons (Fsp3) is 0.500. The van der Waals surface area contributed by atoms with E-state index in [4.69, 9.17) is 23.7 Å². The molecule has 1 aliphatic rings. The largest absolute Gasteiger partial charge is 0.462 e. The van der Waals surface area contributed by atoms with Crippen molar-refractivity contribution in [1.29, 1.82) is 0 Å². The molecule has 0 aliphatic carbocycles. The number of rotatable bonds is 8. The van der Waals surface area contributed by atoms with Crippen molar-refractivity contribution in [2.45, 2.75) is 39.3 Å². The number of carbonyl (C=O) groups is 3. The normalized spacial score (nSPS) is 22.3. The third-order valence-corrected chi connectivity index (χ3v) is 3.17. The van der Waals surface area contributed by atoms with E-state index in [0.717, 1.165) is 6.08 Å². The number of hydrogen-bond donors (Lipinski definition) is 0. The molecule has 3 atom stereocenters. The van der Waals surface area contributed by atoms with Crippen LogP contribution >= 0.6 is 0 Å². The van der Waals surface area contributed by atoms with E-state index in [2.05, 4.69) is 6.58 Å². The summed E-state index contributed by atoms with van der Waals surface area (Å²) in [6.45, 7) is 8.62. The van der Waals surface area contributed by atoms with Crippen molar-refractivity contribution >= 4 is 17.9 Å². The minimum Gasteiger partial charge on any atom is -0.462 e. The summed E-state index contributed by atoms with van der Waals surface area (Å²) in [5, 5.41) is 0. The van der Waals surface area contributed by atoms with Gasteiger partial charge in [0.15, 0.2) is 18.0 Å². The van der Waals surface area contributed by atoms with Gasteiger partial charge in [-0.1, -0.05) is 24.8 Å². The Morgan fingerprint density at radius 2 is 1.77 bits per heavy atom. The molecule has 0 aromatic rings. The van der Waals surface area contributed by atoms with E-state index in [-0.39, 0.29) is 19.8 Å². The van der Waals surface area contributed by atoms with Gasteiger partial charge in [-0.2, -0.15) is 0 Å². The van der Waals surface area contributed by atoms with Crippen molar-refractivity contribution in [2.24, 2.45) is 0 Å². The molecule has 0 saturated carbocycles. The lowest BCUT2D eigenvalue weighted by molar-refractivity contribution is -0.237. The van der Waals surface area contributed by atoms with Crippen LogP contribution in [-0.4, -0.2) is 56.2 Å². The molecule has 0 unspecified atom stereocenters. The van der Waals surface area contributed by atoms with Crippen molar-refractivity contribution in [3.63, 3.8) is 0 Å². The number of ether oxygens (including phenoxy) is 5.